The van der Waals surface area contributed by atoms with Crippen LogP contribution < -0.4 is 5.73 Å². The maximum absolute atomic E-state index is 5.77. The first kappa shape index (κ1) is 11.6. The molecule has 2 aromatic rings. The van der Waals surface area contributed by atoms with E-state index in [2.05, 4.69) is 27.8 Å². The minimum Gasteiger partial charge on any atom is -0.439 e. The third kappa shape index (κ3) is 2.13. The molecular formula is C12H15BrN2O. The second-order valence-corrected chi connectivity index (χ2v) is 4.72. The average Bonchev–Trinajstić information content (AvgIpc) is 2.71. The molecule has 0 spiro atoms. The van der Waals surface area contributed by atoms with Crippen molar-refractivity contribution in [2.24, 2.45) is 5.73 Å². The second kappa shape index (κ2) is 4.97. The highest BCUT2D eigenvalue weighted by molar-refractivity contribution is 9.10. The summed E-state index contributed by atoms with van der Waals surface area (Å²) in [5, 5.41) is 0. The van der Waals surface area contributed by atoms with E-state index in [9.17, 15) is 0 Å². The van der Waals surface area contributed by atoms with Crippen LogP contribution in [0, 0.1) is 0 Å². The molecule has 1 aromatic carbocycles. The molecule has 0 aliphatic rings. The fourth-order valence-electron chi connectivity index (χ4n) is 1.80. The zero-order chi connectivity index (χ0) is 11.5. The zero-order valence-electron chi connectivity index (χ0n) is 9.24. The number of para-hydroxylation sites is 1. The Labute approximate surface area is 103 Å². The van der Waals surface area contributed by atoms with E-state index in [1.54, 1.807) is 0 Å². The van der Waals surface area contributed by atoms with Crippen molar-refractivity contribution in [3.05, 3.63) is 28.6 Å². The fraction of sp³-hybridized carbons (Fsp3) is 0.417. The topological polar surface area (TPSA) is 52.0 Å². The van der Waals surface area contributed by atoms with Crippen molar-refractivity contribution in [1.82, 2.24) is 4.98 Å². The molecule has 4 heteroatoms. The van der Waals surface area contributed by atoms with Gasteiger partial charge < -0.3 is 10.2 Å². The molecule has 1 aromatic heterocycles. The molecule has 1 unspecified atom stereocenters. The number of rotatable bonds is 4. The summed E-state index contributed by atoms with van der Waals surface area (Å²) in [5.41, 5.74) is 7.44. The van der Waals surface area contributed by atoms with Gasteiger partial charge in [-0.15, -0.1) is 0 Å². The largest absolute Gasteiger partial charge is 0.439 e. The molecule has 2 rings (SSSR count). The van der Waals surface area contributed by atoms with Crippen LogP contribution in [0.5, 0.6) is 0 Å². The molecule has 0 aliphatic carbocycles. The van der Waals surface area contributed by atoms with Crippen molar-refractivity contribution in [3.8, 4) is 0 Å². The predicted octanol–water partition coefficient (Wildman–Crippen LogP) is 3.43. The number of nitrogens with two attached hydrogens (primary N) is 1. The Bertz CT molecular complexity index is 481. The molecule has 0 saturated heterocycles. The summed E-state index contributed by atoms with van der Waals surface area (Å²) in [7, 11) is 0. The van der Waals surface area contributed by atoms with E-state index in [-0.39, 0.29) is 5.92 Å². The molecule has 1 heterocycles. The van der Waals surface area contributed by atoms with Crippen LogP contribution in [0.4, 0.5) is 0 Å². The lowest BCUT2D eigenvalue weighted by atomic mass is 10.0. The number of nitrogens with zero attached hydrogens (tertiary/aromatic N) is 1. The molecule has 0 bridgehead atoms. The molecule has 0 radical (unpaired) electrons. The molecule has 3 nitrogen and oxygen atoms in total. The lowest BCUT2D eigenvalue weighted by Crippen LogP contribution is -2.12. The lowest BCUT2D eigenvalue weighted by Gasteiger charge is -2.07. The van der Waals surface area contributed by atoms with Gasteiger partial charge in [0, 0.05) is 12.5 Å². The Balaban J connectivity index is 2.42. The number of halogens is 1. The van der Waals surface area contributed by atoms with E-state index in [1.807, 2.05) is 18.2 Å². The van der Waals surface area contributed by atoms with Gasteiger partial charge in [-0.1, -0.05) is 19.4 Å². The lowest BCUT2D eigenvalue weighted by molar-refractivity contribution is 0.452. The second-order valence-electron chi connectivity index (χ2n) is 3.86. The molecule has 0 aliphatic heterocycles. The Morgan fingerprint density at radius 2 is 2.31 bits per heavy atom. The zero-order valence-corrected chi connectivity index (χ0v) is 10.8. The minimum absolute atomic E-state index is 0.226. The van der Waals surface area contributed by atoms with Crippen LogP contribution in [0.25, 0.3) is 11.1 Å². The van der Waals surface area contributed by atoms with E-state index < -0.39 is 0 Å². The van der Waals surface area contributed by atoms with Gasteiger partial charge in [0.05, 0.1) is 4.47 Å². The molecule has 0 fully saturated rings. The van der Waals surface area contributed by atoms with Gasteiger partial charge in [-0.2, -0.15) is 0 Å². The van der Waals surface area contributed by atoms with Crippen molar-refractivity contribution in [1.29, 1.82) is 0 Å². The highest BCUT2D eigenvalue weighted by Gasteiger charge is 2.16. The van der Waals surface area contributed by atoms with Gasteiger partial charge in [0.2, 0.25) is 0 Å². The smallest absolute Gasteiger partial charge is 0.199 e. The number of benzene rings is 1. The van der Waals surface area contributed by atoms with Crippen LogP contribution in [0.2, 0.25) is 0 Å². The van der Waals surface area contributed by atoms with Gasteiger partial charge in [0.1, 0.15) is 5.52 Å². The summed E-state index contributed by atoms with van der Waals surface area (Å²) in [4.78, 5) is 4.49. The SMILES string of the molecule is CCCC(CN)c1nc2cccc(Br)c2o1. The van der Waals surface area contributed by atoms with Crippen LogP contribution in [-0.4, -0.2) is 11.5 Å². The summed E-state index contributed by atoms with van der Waals surface area (Å²) in [6, 6.07) is 5.86. The van der Waals surface area contributed by atoms with Crippen LogP contribution in [0.3, 0.4) is 0 Å². The number of oxazole rings is 1. The Hall–Kier alpha value is -0.870. The molecule has 86 valence electrons. The predicted molar refractivity (Wildman–Crippen MR) is 68.4 cm³/mol. The van der Waals surface area contributed by atoms with Gasteiger partial charge in [-0.25, -0.2) is 4.98 Å². The molecule has 0 saturated carbocycles. The van der Waals surface area contributed by atoms with Crippen LogP contribution >= 0.6 is 15.9 Å². The van der Waals surface area contributed by atoms with Crippen LogP contribution in [-0.2, 0) is 0 Å². The van der Waals surface area contributed by atoms with Gasteiger partial charge in [-0.3, -0.25) is 0 Å². The van der Waals surface area contributed by atoms with E-state index >= 15 is 0 Å². The first-order chi connectivity index (χ1) is 7.76. The number of aromatic nitrogens is 1. The summed E-state index contributed by atoms with van der Waals surface area (Å²) in [6.07, 6.45) is 2.10. The fourth-order valence-corrected chi connectivity index (χ4v) is 2.23. The van der Waals surface area contributed by atoms with E-state index in [4.69, 9.17) is 10.2 Å². The highest BCUT2D eigenvalue weighted by Crippen LogP contribution is 2.28. The van der Waals surface area contributed by atoms with Gasteiger partial charge >= 0.3 is 0 Å². The summed E-state index contributed by atoms with van der Waals surface area (Å²) < 4.78 is 6.71. The maximum Gasteiger partial charge on any atom is 0.199 e. The quantitative estimate of drug-likeness (QED) is 0.935. The van der Waals surface area contributed by atoms with E-state index in [1.165, 1.54) is 0 Å². The van der Waals surface area contributed by atoms with Gasteiger partial charge in [0.15, 0.2) is 11.5 Å². The Kier molecular flexibility index (Phi) is 3.61. The van der Waals surface area contributed by atoms with E-state index in [0.717, 1.165) is 34.3 Å². The van der Waals surface area contributed by atoms with Crippen molar-refractivity contribution in [3.63, 3.8) is 0 Å². The van der Waals surface area contributed by atoms with Crippen molar-refractivity contribution >= 4 is 27.0 Å². The first-order valence-corrected chi connectivity index (χ1v) is 6.30. The monoisotopic (exact) mass is 282 g/mol. The molecule has 2 N–H and O–H groups in total. The third-order valence-electron chi connectivity index (χ3n) is 2.65. The van der Waals surface area contributed by atoms with Gasteiger partial charge in [-0.05, 0) is 34.5 Å². The number of hydrogen-bond donors (Lipinski definition) is 1. The number of fused-ring (bicyclic) bond motifs is 1. The minimum atomic E-state index is 0.226. The van der Waals surface area contributed by atoms with Gasteiger partial charge in [0.25, 0.3) is 0 Å². The highest BCUT2D eigenvalue weighted by atomic mass is 79.9. The third-order valence-corrected chi connectivity index (χ3v) is 3.28. The summed E-state index contributed by atoms with van der Waals surface area (Å²) in [6.45, 7) is 2.72. The Morgan fingerprint density at radius 1 is 1.50 bits per heavy atom. The van der Waals surface area contributed by atoms with Crippen LogP contribution in [0.15, 0.2) is 27.1 Å². The molecule has 0 amide bonds. The Morgan fingerprint density at radius 3 is 2.94 bits per heavy atom. The molecule has 16 heavy (non-hydrogen) atoms. The molecule has 1 atom stereocenters. The average molecular weight is 283 g/mol. The van der Waals surface area contributed by atoms with Crippen molar-refractivity contribution in [2.45, 2.75) is 25.7 Å². The normalized spacial score (nSPS) is 13.2. The maximum atomic E-state index is 5.77. The number of hydrogen-bond acceptors (Lipinski definition) is 3. The summed E-state index contributed by atoms with van der Waals surface area (Å²) in [5.74, 6) is 0.982. The molecular weight excluding hydrogens is 268 g/mol. The van der Waals surface area contributed by atoms with Crippen molar-refractivity contribution in [2.75, 3.05) is 6.54 Å². The first-order valence-electron chi connectivity index (χ1n) is 5.51. The van der Waals surface area contributed by atoms with Crippen LogP contribution in [0.1, 0.15) is 31.6 Å². The summed E-state index contributed by atoms with van der Waals surface area (Å²) >= 11 is 3.46. The standard InChI is InChI=1S/C12H15BrN2O/c1-2-4-8(7-14)12-15-10-6-3-5-9(13)11(10)16-12/h3,5-6,8H,2,4,7,14H2,1H3. The van der Waals surface area contributed by atoms with Crippen molar-refractivity contribution < 1.29 is 4.42 Å². The van der Waals surface area contributed by atoms with E-state index in [0.29, 0.717) is 6.54 Å².